The molecule has 0 aliphatic heterocycles. The largest absolute Gasteiger partial charge is 0.346 e. The molecule has 1 N–H and O–H groups in total. The van der Waals surface area contributed by atoms with Crippen molar-refractivity contribution in [2.75, 3.05) is 0 Å². The maximum atomic E-state index is 12.2. The van der Waals surface area contributed by atoms with Gasteiger partial charge in [0.15, 0.2) is 0 Å². The van der Waals surface area contributed by atoms with Crippen LogP contribution in [0, 0.1) is 20.8 Å². The van der Waals surface area contributed by atoms with Gasteiger partial charge in [0.2, 0.25) is 5.91 Å². The van der Waals surface area contributed by atoms with E-state index in [2.05, 4.69) is 34.3 Å². The zero-order valence-corrected chi connectivity index (χ0v) is 14.6. The number of aryl methyl sites for hydroxylation is 3. The number of rotatable bonds is 7. The fourth-order valence-electron chi connectivity index (χ4n) is 2.58. The van der Waals surface area contributed by atoms with E-state index in [1.165, 1.54) is 11.9 Å². The molecule has 7 heteroatoms. The summed E-state index contributed by atoms with van der Waals surface area (Å²) in [6.45, 7) is 11.5. The lowest BCUT2D eigenvalue weighted by atomic mass is 10.2. The molecule has 0 aliphatic carbocycles. The number of hydrogen-bond acceptors (Lipinski definition) is 4. The van der Waals surface area contributed by atoms with Gasteiger partial charge in [-0.05, 0) is 39.7 Å². The van der Waals surface area contributed by atoms with Crippen molar-refractivity contribution in [1.82, 2.24) is 29.9 Å². The molecule has 0 radical (unpaired) electrons. The summed E-state index contributed by atoms with van der Waals surface area (Å²) in [6, 6.07) is -0.154. The summed E-state index contributed by atoms with van der Waals surface area (Å²) in [5.41, 5.74) is 3.32. The smallest absolute Gasteiger partial charge is 0.222 e. The van der Waals surface area contributed by atoms with Crippen LogP contribution in [0.15, 0.2) is 6.33 Å². The Morgan fingerprint density at radius 1 is 1.26 bits per heavy atom. The number of nitrogens with zero attached hydrogens (tertiary/aromatic N) is 5. The van der Waals surface area contributed by atoms with Gasteiger partial charge in [0.25, 0.3) is 0 Å². The van der Waals surface area contributed by atoms with Crippen LogP contribution >= 0.6 is 0 Å². The van der Waals surface area contributed by atoms with Crippen molar-refractivity contribution in [3.8, 4) is 0 Å². The van der Waals surface area contributed by atoms with Gasteiger partial charge in [0.1, 0.15) is 12.2 Å². The summed E-state index contributed by atoms with van der Waals surface area (Å²) in [5.74, 6) is 0.788. The second-order valence-corrected chi connectivity index (χ2v) is 5.90. The molecule has 0 saturated heterocycles. The van der Waals surface area contributed by atoms with Gasteiger partial charge in [0.05, 0.1) is 11.7 Å². The third kappa shape index (κ3) is 3.97. The Hall–Kier alpha value is -2.18. The maximum Gasteiger partial charge on any atom is 0.222 e. The molecule has 1 atom stereocenters. The normalized spacial score (nSPS) is 12.4. The van der Waals surface area contributed by atoms with Crippen molar-refractivity contribution < 1.29 is 4.79 Å². The predicted octanol–water partition coefficient (Wildman–Crippen LogP) is 2.08. The molecule has 2 aromatic heterocycles. The Morgan fingerprint density at radius 3 is 2.61 bits per heavy atom. The van der Waals surface area contributed by atoms with Gasteiger partial charge in [0, 0.05) is 25.2 Å². The van der Waals surface area contributed by atoms with Crippen molar-refractivity contribution in [2.45, 2.75) is 66.6 Å². The van der Waals surface area contributed by atoms with E-state index in [1.54, 1.807) is 0 Å². The van der Waals surface area contributed by atoms with Crippen LogP contribution in [0.3, 0.4) is 0 Å². The third-order valence-electron chi connectivity index (χ3n) is 4.14. The van der Waals surface area contributed by atoms with Crippen LogP contribution in [-0.2, 0) is 17.9 Å². The third-order valence-corrected chi connectivity index (χ3v) is 4.14. The predicted molar refractivity (Wildman–Crippen MR) is 87.9 cm³/mol. The zero-order valence-electron chi connectivity index (χ0n) is 14.6. The summed E-state index contributed by atoms with van der Waals surface area (Å²) in [5, 5.41) is 11.6. The first-order valence-corrected chi connectivity index (χ1v) is 8.11. The second kappa shape index (κ2) is 7.39. The lowest BCUT2D eigenvalue weighted by Crippen LogP contribution is -2.29. The number of nitrogens with one attached hydrogen (secondary N) is 1. The zero-order chi connectivity index (χ0) is 17.0. The fourth-order valence-corrected chi connectivity index (χ4v) is 2.58. The maximum absolute atomic E-state index is 12.2. The average molecular weight is 318 g/mol. The van der Waals surface area contributed by atoms with E-state index < -0.39 is 0 Å². The number of amides is 1. The number of carbonyl (C=O) groups excluding carboxylic acids is 1. The summed E-state index contributed by atoms with van der Waals surface area (Å²) in [6.07, 6.45) is 2.91. The lowest BCUT2D eigenvalue weighted by molar-refractivity contribution is -0.122. The van der Waals surface area contributed by atoms with Crippen LogP contribution in [-0.4, -0.2) is 30.5 Å². The van der Waals surface area contributed by atoms with Gasteiger partial charge in [-0.1, -0.05) is 6.92 Å². The number of carbonyl (C=O) groups is 1. The van der Waals surface area contributed by atoms with E-state index in [4.69, 9.17) is 0 Å². The van der Waals surface area contributed by atoms with E-state index in [0.29, 0.717) is 13.0 Å². The van der Waals surface area contributed by atoms with Crippen molar-refractivity contribution in [3.63, 3.8) is 0 Å². The van der Waals surface area contributed by atoms with E-state index in [-0.39, 0.29) is 11.9 Å². The van der Waals surface area contributed by atoms with Crippen molar-refractivity contribution >= 4 is 5.91 Å². The Balaban J connectivity index is 1.91. The highest BCUT2D eigenvalue weighted by Gasteiger charge is 2.16. The van der Waals surface area contributed by atoms with Crippen LogP contribution in [0.4, 0.5) is 0 Å². The van der Waals surface area contributed by atoms with Crippen molar-refractivity contribution in [3.05, 3.63) is 29.1 Å². The molecule has 0 saturated carbocycles. The highest BCUT2D eigenvalue weighted by Crippen LogP contribution is 2.12. The minimum absolute atomic E-state index is 0.00578. The van der Waals surface area contributed by atoms with Crippen LogP contribution < -0.4 is 5.32 Å². The Labute approximate surface area is 137 Å². The minimum Gasteiger partial charge on any atom is -0.346 e. The molecule has 0 unspecified atom stereocenters. The van der Waals surface area contributed by atoms with Crippen LogP contribution in [0.25, 0.3) is 0 Å². The van der Waals surface area contributed by atoms with Crippen LogP contribution in [0.5, 0.6) is 0 Å². The standard InChI is InChI=1S/C16H26N6O/c1-6-8-22-16(17-10-18-22)13(4)19-15(23)7-9-21-14(5)11(2)12(3)20-21/h10,13H,6-9H2,1-5H3,(H,19,23)/t13-/m0/s1. The molecule has 126 valence electrons. The molecule has 2 aromatic rings. The molecule has 0 fully saturated rings. The molecular formula is C16H26N6O. The summed E-state index contributed by atoms with van der Waals surface area (Å²) in [7, 11) is 0. The highest BCUT2D eigenvalue weighted by atomic mass is 16.1. The highest BCUT2D eigenvalue weighted by molar-refractivity contribution is 5.76. The summed E-state index contributed by atoms with van der Waals surface area (Å²) in [4.78, 5) is 16.4. The summed E-state index contributed by atoms with van der Waals surface area (Å²) < 4.78 is 3.74. The molecule has 0 aromatic carbocycles. The van der Waals surface area contributed by atoms with Crippen molar-refractivity contribution in [2.24, 2.45) is 0 Å². The first-order valence-electron chi connectivity index (χ1n) is 8.11. The van der Waals surface area contributed by atoms with Gasteiger partial charge in [-0.15, -0.1) is 0 Å². The molecule has 1 amide bonds. The Kier molecular flexibility index (Phi) is 5.52. The molecule has 23 heavy (non-hydrogen) atoms. The van der Waals surface area contributed by atoms with Gasteiger partial charge in [-0.2, -0.15) is 10.2 Å². The number of aromatic nitrogens is 5. The topological polar surface area (TPSA) is 77.6 Å². The van der Waals surface area contributed by atoms with E-state index >= 15 is 0 Å². The van der Waals surface area contributed by atoms with Gasteiger partial charge >= 0.3 is 0 Å². The van der Waals surface area contributed by atoms with E-state index in [9.17, 15) is 4.79 Å². The molecule has 2 rings (SSSR count). The van der Waals surface area contributed by atoms with Crippen LogP contribution in [0.2, 0.25) is 0 Å². The molecule has 0 bridgehead atoms. The minimum atomic E-state index is -0.154. The average Bonchev–Trinajstić information content (AvgIpc) is 3.06. The second-order valence-electron chi connectivity index (χ2n) is 5.90. The van der Waals surface area contributed by atoms with Gasteiger partial charge < -0.3 is 5.32 Å². The van der Waals surface area contributed by atoms with E-state index in [0.717, 1.165) is 30.2 Å². The van der Waals surface area contributed by atoms with Gasteiger partial charge in [-0.3, -0.25) is 9.48 Å². The molecule has 7 nitrogen and oxygen atoms in total. The molecular weight excluding hydrogens is 292 g/mol. The number of hydrogen-bond donors (Lipinski definition) is 1. The fraction of sp³-hybridized carbons (Fsp3) is 0.625. The van der Waals surface area contributed by atoms with Gasteiger partial charge in [-0.25, -0.2) is 9.67 Å². The molecule has 0 spiro atoms. The quantitative estimate of drug-likeness (QED) is 0.848. The van der Waals surface area contributed by atoms with E-state index in [1.807, 2.05) is 30.1 Å². The Morgan fingerprint density at radius 2 is 2.00 bits per heavy atom. The summed E-state index contributed by atoms with van der Waals surface area (Å²) >= 11 is 0. The first-order chi connectivity index (χ1) is 10.9. The molecule has 2 heterocycles. The Bertz CT molecular complexity index is 672. The first kappa shape index (κ1) is 17.2. The van der Waals surface area contributed by atoms with Crippen molar-refractivity contribution in [1.29, 1.82) is 0 Å². The van der Waals surface area contributed by atoms with Crippen LogP contribution in [0.1, 0.15) is 55.5 Å². The SMILES string of the molecule is CCCn1ncnc1[C@H](C)NC(=O)CCn1nc(C)c(C)c1C. The monoisotopic (exact) mass is 318 g/mol. The molecule has 0 aliphatic rings. The lowest BCUT2D eigenvalue weighted by Gasteiger charge is -2.14.